The lowest BCUT2D eigenvalue weighted by atomic mass is 9.98. The molecule has 1 aliphatic heterocycles. The number of carbonyl (C=O) groups excluding carboxylic acids is 2. The van der Waals surface area contributed by atoms with Crippen LogP contribution in [0.2, 0.25) is 0 Å². The molecular formula is C17H20N2O2. The van der Waals surface area contributed by atoms with E-state index in [-0.39, 0.29) is 17.9 Å². The maximum absolute atomic E-state index is 12.7. The summed E-state index contributed by atoms with van der Waals surface area (Å²) in [6.45, 7) is 4.16. The van der Waals surface area contributed by atoms with Crippen LogP contribution in [-0.2, 0) is 16.0 Å². The summed E-state index contributed by atoms with van der Waals surface area (Å²) in [5, 5.41) is 2.91. The summed E-state index contributed by atoms with van der Waals surface area (Å²) in [5.41, 5.74) is 1.06. The topological polar surface area (TPSA) is 49.4 Å². The minimum absolute atomic E-state index is 0.00949. The molecule has 0 radical (unpaired) electrons. The Morgan fingerprint density at radius 2 is 1.95 bits per heavy atom. The van der Waals surface area contributed by atoms with Gasteiger partial charge in [0, 0.05) is 13.0 Å². The highest BCUT2D eigenvalue weighted by Gasteiger charge is 2.47. The fourth-order valence-electron chi connectivity index (χ4n) is 3.01. The van der Waals surface area contributed by atoms with Crippen LogP contribution in [0.4, 0.5) is 0 Å². The first kappa shape index (κ1) is 13.9. The Hall–Kier alpha value is -2.10. The molecule has 1 aromatic carbocycles. The van der Waals surface area contributed by atoms with Crippen molar-refractivity contribution in [2.45, 2.75) is 31.3 Å². The first-order valence-corrected chi connectivity index (χ1v) is 7.46. The number of rotatable bonds is 5. The quantitative estimate of drug-likeness (QED) is 0.833. The molecule has 4 nitrogen and oxygen atoms in total. The molecule has 0 aromatic heterocycles. The van der Waals surface area contributed by atoms with Crippen LogP contribution in [0.15, 0.2) is 43.0 Å². The van der Waals surface area contributed by atoms with Gasteiger partial charge in [0.15, 0.2) is 0 Å². The normalized spacial score (nSPS) is 25.6. The average Bonchev–Trinajstić information content (AvgIpc) is 3.30. The Morgan fingerprint density at radius 3 is 2.57 bits per heavy atom. The second kappa shape index (κ2) is 5.72. The third-order valence-electron chi connectivity index (χ3n) is 4.18. The zero-order valence-electron chi connectivity index (χ0n) is 12.0. The van der Waals surface area contributed by atoms with Gasteiger partial charge in [0.2, 0.25) is 11.8 Å². The van der Waals surface area contributed by atoms with Gasteiger partial charge in [-0.3, -0.25) is 9.59 Å². The van der Waals surface area contributed by atoms with E-state index in [1.165, 1.54) is 0 Å². The van der Waals surface area contributed by atoms with Gasteiger partial charge in [-0.25, -0.2) is 0 Å². The fourth-order valence-corrected chi connectivity index (χ4v) is 3.01. The number of piperazine rings is 1. The molecule has 0 spiro atoms. The van der Waals surface area contributed by atoms with E-state index >= 15 is 0 Å². The second-order valence-electron chi connectivity index (χ2n) is 5.81. The Kier molecular flexibility index (Phi) is 3.78. The molecular weight excluding hydrogens is 264 g/mol. The van der Waals surface area contributed by atoms with Crippen LogP contribution in [0.1, 0.15) is 18.4 Å². The van der Waals surface area contributed by atoms with Gasteiger partial charge in [-0.1, -0.05) is 36.4 Å². The predicted octanol–water partition coefficient (Wildman–Crippen LogP) is 1.52. The van der Waals surface area contributed by atoms with Crippen molar-refractivity contribution in [2.75, 3.05) is 6.54 Å². The number of nitrogens with one attached hydrogen (secondary N) is 1. The highest BCUT2D eigenvalue weighted by molar-refractivity contribution is 5.97. The summed E-state index contributed by atoms with van der Waals surface area (Å²) in [6.07, 6.45) is 4.30. The second-order valence-corrected chi connectivity index (χ2v) is 5.81. The van der Waals surface area contributed by atoms with E-state index in [2.05, 4.69) is 11.9 Å². The molecule has 1 aromatic rings. The molecule has 1 aliphatic carbocycles. The summed E-state index contributed by atoms with van der Waals surface area (Å²) in [5.74, 6) is 0.321. The van der Waals surface area contributed by atoms with Crippen LogP contribution in [-0.4, -0.2) is 35.3 Å². The summed E-state index contributed by atoms with van der Waals surface area (Å²) < 4.78 is 0. The van der Waals surface area contributed by atoms with Crippen molar-refractivity contribution in [1.29, 1.82) is 0 Å². The standard InChI is InChI=1S/C17H20N2O2/c1-2-10-19-15(13-8-9-13)16(20)18-14(17(19)21)11-12-6-4-3-5-7-12/h2-7,13-15H,1,8-11H2,(H,18,20). The van der Waals surface area contributed by atoms with E-state index in [1.54, 1.807) is 11.0 Å². The molecule has 1 heterocycles. The van der Waals surface area contributed by atoms with Crippen molar-refractivity contribution in [1.82, 2.24) is 10.2 Å². The van der Waals surface area contributed by atoms with E-state index in [0.717, 1.165) is 18.4 Å². The lowest BCUT2D eigenvalue weighted by Crippen LogP contribution is -2.64. The minimum atomic E-state index is -0.463. The third kappa shape index (κ3) is 2.84. The smallest absolute Gasteiger partial charge is 0.246 e. The Labute approximate surface area is 124 Å². The molecule has 1 saturated carbocycles. The Balaban J connectivity index is 1.78. The van der Waals surface area contributed by atoms with Crippen LogP contribution in [0, 0.1) is 5.92 Å². The molecule has 4 heteroatoms. The molecule has 2 unspecified atom stereocenters. The number of carbonyl (C=O) groups is 2. The van der Waals surface area contributed by atoms with Crippen molar-refractivity contribution in [3.05, 3.63) is 48.6 Å². The summed E-state index contributed by atoms with van der Waals surface area (Å²) in [6, 6.07) is 9.02. The van der Waals surface area contributed by atoms with Crippen molar-refractivity contribution < 1.29 is 9.59 Å². The van der Waals surface area contributed by atoms with Gasteiger partial charge in [0.25, 0.3) is 0 Å². The fraction of sp³-hybridized carbons (Fsp3) is 0.412. The molecule has 1 N–H and O–H groups in total. The molecule has 1 saturated heterocycles. The van der Waals surface area contributed by atoms with Crippen molar-refractivity contribution in [2.24, 2.45) is 5.92 Å². The average molecular weight is 284 g/mol. The number of hydrogen-bond donors (Lipinski definition) is 1. The monoisotopic (exact) mass is 284 g/mol. The van der Waals surface area contributed by atoms with Crippen LogP contribution in [0.3, 0.4) is 0 Å². The number of hydrogen-bond acceptors (Lipinski definition) is 2. The third-order valence-corrected chi connectivity index (χ3v) is 4.18. The molecule has 0 bridgehead atoms. The molecule has 2 atom stereocenters. The zero-order chi connectivity index (χ0) is 14.8. The first-order valence-electron chi connectivity index (χ1n) is 7.46. The molecule has 2 amide bonds. The molecule has 2 fully saturated rings. The van der Waals surface area contributed by atoms with Crippen molar-refractivity contribution in [3.63, 3.8) is 0 Å². The van der Waals surface area contributed by atoms with Gasteiger partial charge in [-0.15, -0.1) is 6.58 Å². The number of nitrogens with zero attached hydrogens (tertiary/aromatic N) is 1. The zero-order valence-corrected chi connectivity index (χ0v) is 12.0. The van der Waals surface area contributed by atoms with E-state index in [1.807, 2.05) is 30.3 Å². The summed E-state index contributed by atoms with van der Waals surface area (Å²) in [4.78, 5) is 26.7. The molecule has 110 valence electrons. The number of amides is 2. The first-order chi connectivity index (χ1) is 10.2. The minimum Gasteiger partial charge on any atom is -0.342 e. The van der Waals surface area contributed by atoms with Crippen LogP contribution < -0.4 is 5.32 Å². The van der Waals surface area contributed by atoms with Gasteiger partial charge in [-0.2, -0.15) is 0 Å². The lowest BCUT2D eigenvalue weighted by Gasteiger charge is -2.38. The molecule has 2 aliphatic rings. The SMILES string of the molecule is C=CCN1C(=O)C(Cc2ccccc2)NC(=O)C1C1CC1. The Bertz CT molecular complexity index is 551. The van der Waals surface area contributed by atoms with Gasteiger partial charge in [0.05, 0.1) is 0 Å². The van der Waals surface area contributed by atoms with E-state index in [9.17, 15) is 9.59 Å². The number of benzene rings is 1. The van der Waals surface area contributed by atoms with Gasteiger partial charge >= 0.3 is 0 Å². The molecule has 21 heavy (non-hydrogen) atoms. The van der Waals surface area contributed by atoms with Crippen molar-refractivity contribution >= 4 is 11.8 Å². The van der Waals surface area contributed by atoms with Crippen LogP contribution >= 0.6 is 0 Å². The van der Waals surface area contributed by atoms with Crippen LogP contribution in [0.5, 0.6) is 0 Å². The summed E-state index contributed by atoms with van der Waals surface area (Å²) in [7, 11) is 0. The lowest BCUT2D eigenvalue weighted by molar-refractivity contribution is -0.149. The van der Waals surface area contributed by atoms with Crippen molar-refractivity contribution in [3.8, 4) is 0 Å². The molecule has 3 rings (SSSR count). The summed E-state index contributed by atoms with van der Waals surface area (Å²) >= 11 is 0. The van der Waals surface area contributed by atoms with E-state index in [4.69, 9.17) is 0 Å². The van der Waals surface area contributed by atoms with Gasteiger partial charge in [0.1, 0.15) is 12.1 Å². The highest BCUT2D eigenvalue weighted by Crippen LogP contribution is 2.37. The maximum atomic E-state index is 12.7. The maximum Gasteiger partial charge on any atom is 0.246 e. The van der Waals surface area contributed by atoms with Crippen LogP contribution in [0.25, 0.3) is 0 Å². The largest absolute Gasteiger partial charge is 0.342 e. The van der Waals surface area contributed by atoms with E-state index in [0.29, 0.717) is 18.9 Å². The van der Waals surface area contributed by atoms with Gasteiger partial charge in [-0.05, 0) is 24.3 Å². The van der Waals surface area contributed by atoms with E-state index < -0.39 is 6.04 Å². The predicted molar refractivity (Wildman–Crippen MR) is 80.5 cm³/mol. The Morgan fingerprint density at radius 1 is 1.24 bits per heavy atom. The van der Waals surface area contributed by atoms with Gasteiger partial charge < -0.3 is 10.2 Å². The highest BCUT2D eigenvalue weighted by atomic mass is 16.2.